The average Bonchev–Trinajstić information content (AvgIpc) is 3.53. The molecule has 1 saturated carbocycles. The number of aryl methyl sites for hydroxylation is 1. The van der Waals surface area contributed by atoms with Gasteiger partial charge in [-0.25, -0.2) is 0 Å². The van der Waals surface area contributed by atoms with Gasteiger partial charge in [0.2, 0.25) is 0 Å². The molecule has 1 amide bonds. The molecule has 0 bridgehead atoms. The second-order valence-corrected chi connectivity index (χ2v) is 10.8. The number of ether oxygens (including phenoxy) is 1. The highest BCUT2D eigenvalue weighted by Crippen LogP contribution is 2.30. The van der Waals surface area contributed by atoms with E-state index in [1.165, 1.54) is 34.6 Å². The van der Waals surface area contributed by atoms with Gasteiger partial charge < -0.3 is 20.7 Å². The first-order chi connectivity index (χ1) is 17.0. The van der Waals surface area contributed by atoms with Gasteiger partial charge in [0.25, 0.3) is 5.91 Å². The van der Waals surface area contributed by atoms with Gasteiger partial charge in [-0.3, -0.25) is 4.79 Å². The summed E-state index contributed by atoms with van der Waals surface area (Å²) in [6.45, 7) is 6.63. The monoisotopic (exact) mass is 488 g/mol. The summed E-state index contributed by atoms with van der Waals surface area (Å²) in [5.74, 6) is 0.669. The van der Waals surface area contributed by atoms with Crippen LogP contribution in [0.15, 0.2) is 54.6 Å². The third-order valence-corrected chi connectivity index (χ3v) is 8.05. The summed E-state index contributed by atoms with van der Waals surface area (Å²) < 4.78 is 5.95. The molecule has 3 N–H and O–H groups in total. The lowest BCUT2D eigenvalue weighted by molar-refractivity contribution is 0.0937. The van der Waals surface area contributed by atoms with Crippen LogP contribution in [0.2, 0.25) is 0 Å². The number of thiophene rings is 1. The minimum absolute atomic E-state index is 0.0776. The van der Waals surface area contributed by atoms with E-state index in [4.69, 9.17) is 4.74 Å². The predicted octanol–water partition coefficient (Wildman–Crippen LogP) is 5.41. The lowest BCUT2D eigenvalue weighted by atomic mass is 10.0. The van der Waals surface area contributed by atoms with Crippen LogP contribution < -0.4 is 20.7 Å². The Hall–Kier alpha value is -2.67. The van der Waals surface area contributed by atoms with E-state index in [2.05, 4.69) is 58.8 Å². The molecule has 2 fully saturated rings. The van der Waals surface area contributed by atoms with Crippen LogP contribution in [0.3, 0.4) is 0 Å². The van der Waals surface area contributed by atoms with Crippen LogP contribution in [0.5, 0.6) is 5.75 Å². The highest BCUT2D eigenvalue weighted by Gasteiger charge is 2.20. The smallest absolute Gasteiger partial charge is 0.252 e. The number of carbonyl (C=O) groups excluding carboxylic acids is 1. The van der Waals surface area contributed by atoms with Gasteiger partial charge in [0.1, 0.15) is 11.9 Å². The van der Waals surface area contributed by atoms with Crippen molar-refractivity contribution in [2.75, 3.05) is 13.1 Å². The van der Waals surface area contributed by atoms with E-state index in [0.717, 1.165) is 36.5 Å². The van der Waals surface area contributed by atoms with E-state index in [9.17, 15) is 4.79 Å². The summed E-state index contributed by atoms with van der Waals surface area (Å²) in [6.07, 6.45) is 6.22. The van der Waals surface area contributed by atoms with Crippen molar-refractivity contribution in [3.63, 3.8) is 0 Å². The zero-order valence-electron chi connectivity index (χ0n) is 20.5. The molecule has 0 unspecified atom stereocenters. The highest BCUT2D eigenvalue weighted by atomic mass is 32.1. The molecule has 1 aromatic heterocycles. The third-order valence-electron chi connectivity index (χ3n) is 6.92. The van der Waals surface area contributed by atoms with E-state index in [-0.39, 0.29) is 18.1 Å². The SMILES string of the molecule is Cc1ccc(OC2CNC2)cc1C(=O)N[C@H](C)c1cccc(-c2ccc(CN[C@H]3C[CH]CC3)s2)c1. The summed E-state index contributed by atoms with van der Waals surface area (Å²) in [6, 6.07) is 19.2. The fourth-order valence-corrected chi connectivity index (χ4v) is 5.55. The zero-order valence-corrected chi connectivity index (χ0v) is 21.3. The number of amides is 1. The second kappa shape index (κ2) is 10.9. The number of benzene rings is 2. The van der Waals surface area contributed by atoms with Gasteiger partial charge in [-0.15, -0.1) is 11.3 Å². The average molecular weight is 489 g/mol. The quantitative estimate of drug-likeness (QED) is 0.377. The predicted molar refractivity (Wildman–Crippen MR) is 143 cm³/mol. The molecule has 1 radical (unpaired) electrons. The molecule has 2 aromatic carbocycles. The lowest BCUT2D eigenvalue weighted by Gasteiger charge is -2.28. The summed E-state index contributed by atoms with van der Waals surface area (Å²) in [5, 5.41) is 10.1. The molecule has 35 heavy (non-hydrogen) atoms. The molecule has 2 heterocycles. The zero-order chi connectivity index (χ0) is 24.2. The summed E-state index contributed by atoms with van der Waals surface area (Å²) >= 11 is 1.84. The Kier molecular flexibility index (Phi) is 7.51. The van der Waals surface area contributed by atoms with Crippen LogP contribution >= 0.6 is 11.3 Å². The third kappa shape index (κ3) is 5.95. The molecular formula is C29H34N3O2S. The van der Waals surface area contributed by atoms with Crippen LogP contribution in [0.4, 0.5) is 0 Å². The molecule has 1 aliphatic heterocycles. The summed E-state index contributed by atoms with van der Waals surface area (Å²) in [7, 11) is 0. The molecule has 3 aromatic rings. The molecule has 1 aliphatic carbocycles. The number of rotatable bonds is 9. The Morgan fingerprint density at radius 2 is 2.06 bits per heavy atom. The van der Waals surface area contributed by atoms with E-state index in [1.807, 2.05) is 43.4 Å². The van der Waals surface area contributed by atoms with Gasteiger partial charge in [-0.05, 0) is 86.6 Å². The van der Waals surface area contributed by atoms with Gasteiger partial charge in [0, 0.05) is 41.0 Å². The van der Waals surface area contributed by atoms with Crippen molar-refractivity contribution in [3.05, 3.63) is 82.6 Å². The fourth-order valence-electron chi connectivity index (χ4n) is 4.59. The van der Waals surface area contributed by atoms with E-state index < -0.39 is 0 Å². The topological polar surface area (TPSA) is 62.4 Å². The van der Waals surface area contributed by atoms with Crippen LogP contribution in [-0.4, -0.2) is 31.1 Å². The van der Waals surface area contributed by atoms with Gasteiger partial charge in [-0.2, -0.15) is 0 Å². The largest absolute Gasteiger partial charge is 0.488 e. The van der Waals surface area contributed by atoms with E-state index in [0.29, 0.717) is 11.6 Å². The van der Waals surface area contributed by atoms with Crippen molar-refractivity contribution >= 4 is 17.2 Å². The normalized spacial score (nSPS) is 17.2. The first-order valence-corrected chi connectivity index (χ1v) is 13.4. The molecular weight excluding hydrogens is 454 g/mol. The molecule has 0 spiro atoms. The number of nitrogens with one attached hydrogen (secondary N) is 3. The highest BCUT2D eigenvalue weighted by molar-refractivity contribution is 7.15. The van der Waals surface area contributed by atoms with E-state index in [1.54, 1.807) is 0 Å². The van der Waals surface area contributed by atoms with Crippen molar-refractivity contribution in [2.24, 2.45) is 0 Å². The Bertz CT molecular complexity index is 1160. The van der Waals surface area contributed by atoms with E-state index >= 15 is 0 Å². The van der Waals surface area contributed by atoms with Crippen LogP contribution in [0.1, 0.15) is 58.6 Å². The maximum Gasteiger partial charge on any atom is 0.252 e. The Labute approximate surface area is 212 Å². The van der Waals surface area contributed by atoms with Crippen LogP contribution in [0.25, 0.3) is 10.4 Å². The first kappa shape index (κ1) is 24.0. The Morgan fingerprint density at radius 1 is 1.17 bits per heavy atom. The van der Waals surface area contributed by atoms with Gasteiger partial charge in [0.05, 0.1) is 6.04 Å². The van der Waals surface area contributed by atoms with Crippen molar-refractivity contribution in [3.8, 4) is 16.2 Å². The number of hydrogen-bond acceptors (Lipinski definition) is 5. The minimum Gasteiger partial charge on any atom is -0.488 e. The molecule has 5 nitrogen and oxygen atoms in total. The van der Waals surface area contributed by atoms with Crippen molar-refractivity contribution in [1.29, 1.82) is 0 Å². The fraction of sp³-hybridized carbons (Fsp3) is 0.379. The van der Waals surface area contributed by atoms with Crippen molar-refractivity contribution in [2.45, 2.75) is 57.8 Å². The lowest BCUT2D eigenvalue weighted by Crippen LogP contribution is -2.50. The molecule has 183 valence electrons. The van der Waals surface area contributed by atoms with Crippen LogP contribution in [0, 0.1) is 13.3 Å². The maximum absolute atomic E-state index is 13.1. The van der Waals surface area contributed by atoms with Crippen LogP contribution in [-0.2, 0) is 6.54 Å². The molecule has 1 saturated heterocycles. The molecule has 2 aliphatic rings. The molecule has 2 atom stereocenters. The minimum atomic E-state index is -0.109. The summed E-state index contributed by atoms with van der Waals surface area (Å²) in [5.41, 5.74) is 3.89. The van der Waals surface area contributed by atoms with Gasteiger partial charge >= 0.3 is 0 Å². The molecule has 6 heteroatoms. The van der Waals surface area contributed by atoms with Gasteiger partial charge in [-0.1, -0.05) is 24.3 Å². The maximum atomic E-state index is 13.1. The Morgan fingerprint density at radius 3 is 2.83 bits per heavy atom. The molecule has 5 rings (SSSR count). The van der Waals surface area contributed by atoms with Gasteiger partial charge in [0.15, 0.2) is 0 Å². The first-order valence-electron chi connectivity index (χ1n) is 12.6. The number of hydrogen-bond donors (Lipinski definition) is 3. The summed E-state index contributed by atoms with van der Waals surface area (Å²) in [4.78, 5) is 15.7. The standard InChI is InChI=1S/C29H34N3O2S/c1-19-10-11-24(34-25-16-30-17-25)15-27(19)29(33)32-20(2)21-6-5-7-22(14-21)28-13-12-26(35-28)18-31-23-8-3-4-9-23/h3,5-7,10-15,20,23,25,30-31H,4,8-9,16-18H2,1-2H3,(H,32,33)/t20-,23+/m1/s1. The second-order valence-electron chi connectivity index (χ2n) is 9.64. The Balaban J connectivity index is 1.23. The van der Waals surface area contributed by atoms with Crippen molar-refractivity contribution in [1.82, 2.24) is 16.0 Å². The van der Waals surface area contributed by atoms with Crippen molar-refractivity contribution < 1.29 is 9.53 Å². The number of carbonyl (C=O) groups is 1.